The van der Waals surface area contributed by atoms with E-state index in [-0.39, 0.29) is 5.91 Å². The molecule has 0 radical (unpaired) electrons. The number of amides is 1. The number of rotatable bonds is 11. The molecular formula is C25H28N2O5. The van der Waals surface area contributed by atoms with Crippen LogP contribution in [0.2, 0.25) is 0 Å². The predicted molar refractivity (Wildman–Crippen MR) is 123 cm³/mol. The van der Waals surface area contributed by atoms with Gasteiger partial charge in [0.05, 0.1) is 19.8 Å². The summed E-state index contributed by atoms with van der Waals surface area (Å²) in [4.78, 5) is 16.9. The number of nitrogens with one attached hydrogen (secondary N) is 1. The summed E-state index contributed by atoms with van der Waals surface area (Å²) < 4.78 is 22.8. The Labute approximate surface area is 188 Å². The van der Waals surface area contributed by atoms with E-state index in [9.17, 15) is 4.79 Å². The molecule has 1 aromatic heterocycles. The summed E-state index contributed by atoms with van der Waals surface area (Å²) in [6.45, 7) is 7.51. The summed E-state index contributed by atoms with van der Waals surface area (Å²) in [6.07, 6.45) is 3.46. The minimum Gasteiger partial charge on any atom is -0.490 e. The molecule has 0 aliphatic carbocycles. The van der Waals surface area contributed by atoms with Gasteiger partial charge < -0.3 is 24.3 Å². The zero-order chi connectivity index (χ0) is 22.8. The van der Waals surface area contributed by atoms with Crippen molar-refractivity contribution < 1.29 is 23.7 Å². The SMILES string of the molecule is CCOc1ccc(NC(=O)c2ccc(OCc3cccnc3)c(OCC)c2)cc1OCC. The lowest BCUT2D eigenvalue weighted by Gasteiger charge is -2.15. The van der Waals surface area contributed by atoms with E-state index in [0.717, 1.165) is 5.56 Å². The molecule has 0 spiro atoms. The molecule has 0 unspecified atom stereocenters. The zero-order valence-corrected chi connectivity index (χ0v) is 18.6. The van der Waals surface area contributed by atoms with Crippen LogP contribution in [0.5, 0.6) is 23.0 Å². The molecule has 1 heterocycles. The molecule has 3 aromatic rings. The molecule has 3 rings (SSSR count). The van der Waals surface area contributed by atoms with Gasteiger partial charge >= 0.3 is 0 Å². The van der Waals surface area contributed by atoms with E-state index in [2.05, 4.69) is 10.3 Å². The Balaban J connectivity index is 1.74. The molecule has 1 amide bonds. The quantitative estimate of drug-likeness (QED) is 0.450. The highest BCUT2D eigenvalue weighted by Crippen LogP contribution is 2.32. The minimum atomic E-state index is -0.267. The molecule has 0 aliphatic heterocycles. The second kappa shape index (κ2) is 11.6. The Morgan fingerprint density at radius 2 is 1.47 bits per heavy atom. The standard InChI is InChI=1S/C25H28N2O5/c1-4-29-21-12-10-20(15-24(21)31-6-3)27-25(28)19-9-11-22(23(14-19)30-5-2)32-17-18-8-7-13-26-16-18/h7-16H,4-6,17H2,1-3H3,(H,27,28). The third kappa shape index (κ3) is 6.14. The summed E-state index contributed by atoms with van der Waals surface area (Å²) in [5.74, 6) is 2.02. The Bertz CT molecular complexity index is 1020. The van der Waals surface area contributed by atoms with Crippen LogP contribution < -0.4 is 24.3 Å². The second-order valence-electron chi connectivity index (χ2n) is 6.73. The number of carbonyl (C=O) groups is 1. The summed E-state index contributed by atoms with van der Waals surface area (Å²) in [6, 6.07) is 14.2. The van der Waals surface area contributed by atoms with Gasteiger partial charge in [-0.3, -0.25) is 9.78 Å². The third-order valence-corrected chi connectivity index (χ3v) is 4.42. The van der Waals surface area contributed by atoms with Gasteiger partial charge in [-0.15, -0.1) is 0 Å². The van der Waals surface area contributed by atoms with Gasteiger partial charge in [0.2, 0.25) is 0 Å². The lowest BCUT2D eigenvalue weighted by Crippen LogP contribution is -2.13. The maximum absolute atomic E-state index is 12.9. The van der Waals surface area contributed by atoms with Crippen molar-refractivity contribution in [1.29, 1.82) is 0 Å². The van der Waals surface area contributed by atoms with E-state index in [1.54, 1.807) is 48.8 Å². The number of anilines is 1. The fourth-order valence-electron chi connectivity index (χ4n) is 3.01. The van der Waals surface area contributed by atoms with Crippen LogP contribution in [0.4, 0.5) is 5.69 Å². The Morgan fingerprint density at radius 1 is 0.812 bits per heavy atom. The van der Waals surface area contributed by atoms with E-state index in [0.29, 0.717) is 60.7 Å². The Morgan fingerprint density at radius 3 is 2.16 bits per heavy atom. The van der Waals surface area contributed by atoms with Gasteiger partial charge in [0.1, 0.15) is 6.61 Å². The first-order chi connectivity index (χ1) is 15.6. The normalized spacial score (nSPS) is 10.3. The van der Waals surface area contributed by atoms with Gasteiger partial charge in [0.15, 0.2) is 23.0 Å². The van der Waals surface area contributed by atoms with Crippen LogP contribution in [-0.4, -0.2) is 30.7 Å². The maximum atomic E-state index is 12.9. The van der Waals surface area contributed by atoms with Gasteiger partial charge in [-0.2, -0.15) is 0 Å². The minimum absolute atomic E-state index is 0.267. The van der Waals surface area contributed by atoms with Crippen molar-refractivity contribution in [2.75, 3.05) is 25.1 Å². The molecule has 0 aliphatic rings. The summed E-state index contributed by atoms with van der Waals surface area (Å²) in [7, 11) is 0. The molecule has 0 saturated heterocycles. The summed E-state index contributed by atoms with van der Waals surface area (Å²) in [5.41, 5.74) is 2.00. The van der Waals surface area contributed by atoms with Crippen molar-refractivity contribution in [1.82, 2.24) is 4.98 Å². The lowest BCUT2D eigenvalue weighted by molar-refractivity contribution is 0.102. The van der Waals surface area contributed by atoms with Crippen LogP contribution in [-0.2, 0) is 6.61 Å². The smallest absolute Gasteiger partial charge is 0.255 e. The molecule has 7 nitrogen and oxygen atoms in total. The maximum Gasteiger partial charge on any atom is 0.255 e. The molecule has 7 heteroatoms. The topological polar surface area (TPSA) is 78.9 Å². The van der Waals surface area contributed by atoms with Crippen molar-refractivity contribution in [3.8, 4) is 23.0 Å². The fourth-order valence-corrected chi connectivity index (χ4v) is 3.01. The van der Waals surface area contributed by atoms with Crippen molar-refractivity contribution >= 4 is 11.6 Å². The van der Waals surface area contributed by atoms with Crippen molar-refractivity contribution in [2.24, 2.45) is 0 Å². The van der Waals surface area contributed by atoms with E-state index in [1.165, 1.54) is 0 Å². The van der Waals surface area contributed by atoms with Crippen LogP contribution in [0.25, 0.3) is 0 Å². The Kier molecular flexibility index (Phi) is 8.31. The van der Waals surface area contributed by atoms with Crippen molar-refractivity contribution in [3.05, 3.63) is 72.1 Å². The van der Waals surface area contributed by atoms with Crippen LogP contribution in [0.3, 0.4) is 0 Å². The third-order valence-electron chi connectivity index (χ3n) is 4.42. The lowest BCUT2D eigenvalue weighted by atomic mass is 10.1. The highest BCUT2D eigenvalue weighted by atomic mass is 16.5. The number of aromatic nitrogens is 1. The highest BCUT2D eigenvalue weighted by molar-refractivity contribution is 6.04. The van der Waals surface area contributed by atoms with E-state index in [1.807, 2.05) is 32.9 Å². The van der Waals surface area contributed by atoms with Crippen LogP contribution in [0.1, 0.15) is 36.7 Å². The first-order valence-electron chi connectivity index (χ1n) is 10.6. The number of pyridine rings is 1. The summed E-state index contributed by atoms with van der Waals surface area (Å²) >= 11 is 0. The molecule has 0 saturated carbocycles. The average Bonchev–Trinajstić information content (AvgIpc) is 2.81. The zero-order valence-electron chi connectivity index (χ0n) is 18.6. The Hall–Kier alpha value is -3.74. The van der Waals surface area contributed by atoms with Gasteiger partial charge in [-0.1, -0.05) is 6.07 Å². The van der Waals surface area contributed by atoms with Gasteiger partial charge in [0.25, 0.3) is 5.91 Å². The summed E-state index contributed by atoms with van der Waals surface area (Å²) in [5, 5.41) is 2.89. The van der Waals surface area contributed by atoms with Gasteiger partial charge in [0, 0.05) is 35.3 Å². The molecule has 0 fully saturated rings. The highest BCUT2D eigenvalue weighted by Gasteiger charge is 2.14. The average molecular weight is 437 g/mol. The molecule has 1 N–H and O–H groups in total. The second-order valence-corrected chi connectivity index (χ2v) is 6.73. The monoisotopic (exact) mass is 436 g/mol. The van der Waals surface area contributed by atoms with E-state index in [4.69, 9.17) is 18.9 Å². The molecular weight excluding hydrogens is 408 g/mol. The van der Waals surface area contributed by atoms with Gasteiger partial charge in [-0.25, -0.2) is 0 Å². The van der Waals surface area contributed by atoms with E-state index < -0.39 is 0 Å². The molecule has 168 valence electrons. The molecule has 0 atom stereocenters. The van der Waals surface area contributed by atoms with Crippen LogP contribution in [0.15, 0.2) is 60.9 Å². The van der Waals surface area contributed by atoms with Crippen LogP contribution >= 0.6 is 0 Å². The number of hydrogen-bond acceptors (Lipinski definition) is 6. The van der Waals surface area contributed by atoms with Crippen molar-refractivity contribution in [2.45, 2.75) is 27.4 Å². The molecule has 32 heavy (non-hydrogen) atoms. The predicted octanol–water partition coefficient (Wildman–Crippen LogP) is 5.11. The number of hydrogen-bond donors (Lipinski definition) is 1. The number of nitrogens with zero attached hydrogens (tertiary/aromatic N) is 1. The first kappa shape index (κ1) is 22.9. The van der Waals surface area contributed by atoms with Gasteiger partial charge in [-0.05, 0) is 57.2 Å². The molecule has 2 aromatic carbocycles. The largest absolute Gasteiger partial charge is 0.490 e. The fraction of sp³-hybridized carbons (Fsp3) is 0.280. The number of ether oxygens (including phenoxy) is 4. The van der Waals surface area contributed by atoms with Crippen LogP contribution in [0, 0.1) is 0 Å². The number of carbonyl (C=O) groups excluding carboxylic acids is 1. The molecule has 0 bridgehead atoms. The first-order valence-corrected chi connectivity index (χ1v) is 10.6. The number of benzene rings is 2. The van der Waals surface area contributed by atoms with E-state index >= 15 is 0 Å². The van der Waals surface area contributed by atoms with Crippen molar-refractivity contribution in [3.63, 3.8) is 0 Å².